The normalized spacial score (nSPS) is 11.5. The zero-order chi connectivity index (χ0) is 24.6. The third-order valence-corrected chi connectivity index (χ3v) is 6.13. The fraction of sp³-hybridized carbons (Fsp3) is 0. The lowest BCUT2D eigenvalue weighted by Crippen LogP contribution is -2.19. The highest BCUT2D eigenvalue weighted by Crippen LogP contribution is 2.49. The molecule has 5 aromatic carbocycles. The van der Waals surface area contributed by atoms with Crippen LogP contribution in [0.5, 0.6) is 0 Å². The second kappa shape index (κ2) is 6.69. The van der Waals surface area contributed by atoms with Gasteiger partial charge in [-0.3, -0.25) is 0 Å². The highest BCUT2D eigenvalue weighted by Gasteiger charge is 2.35. The van der Waals surface area contributed by atoms with E-state index in [0.717, 1.165) is 0 Å². The number of nitrogens with two attached hydrogens (primary N) is 2. The van der Waals surface area contributed by atoms with Crippen molar-refractivity contribution in [2.75, 3.05) is 11.5 Å². The first kappa shape index (κ1) is 20.8. The van der Waals surface area contributed by atoms with Crippen molar-refractivity contribution in [1.82, 2.24) is 0 Å². The van der Waals surface area contributed by atoms with E-state index in [9.17, 15) is 39.6 Å². The molecule has 0 amide bonds. The minimum Gasteiger partial charge on any atom is -0.478 e. The number of carboxylic acids is 4. The molecular formula is C24H14N2O8. The molecule has 0 aliphatic heterocycles. The zero-order valence-electron chi connectivity index (χ0n) is 17.0. The van der Waals surface area contributed by atoms with E-state index in [1.165, 1.54) is 0 Å². The van der Waals surface area contributed by atoms with Crippen LogP contribution < -0.4 is 11.5 Å². The van der Waals surface area contributed by atoms with Gasteiger partial charge in [0.05, 0.1) is 33.6 Å². The number of fused-ring (bicyclic) bond motifs is 2. The monoisotopic (exact) mass is 458 g/mol. The van der Waals surface area contributed by atoms with Crippen molar-refractivity contribution in [3.8, 4) is 0 Å². The highest BCUT2D eigenvalue weighted by molar-refractivity contribution is 6.43. The predicted octanol–water partition coefficient (Wildman–Crippen LogP) is 3.69. The molecule has 8 N–H and O–H groups in total. The van der Waals surface area contributed by atoms with E-state index < -0.39 is 57.2 Å². The van der Waals surface area contributed by atoms with Gasteiger partial charge in [-0.15, -0.1) is 0 Å². The van der Waals surface area contributed by atoms with E-state index in [2.05, 4.69) is 0 Å². The number of hydrogen-bond acceptors (Lipinski definition) is 6. The Morgan fingerprint density at radius 1 is 0.500 bits per heavy atom. The molecule has 168 valence electrons. The van der Waals surface area contributed by atoms with Crippen LogP contribution in [0.1, 0.15) is 41.4 Å². The standard InChI is InChI=1S/C24H14N2O8/c25-19-12-9-6-2-4-7-3-1-5-8(10(7)9)11-13(12)14(18(20(19)26)24(33)34)16(22(29)30)17(23(31)32)15(11)21(27)28/h1-6H,25-26H2,(H,27,28)(H,29,30)(H,31,32)(H,33,34). The molecule has 0 aromatic heterocycles. The van der Waals surface area contributed by atoms with Crippen LogP contribution in [-0.4, -0.2) is 44.3 Å². The summed E-state index contributed by atoms with van der Waals surface area (Å²) in [7, 11) is 0. The van der Waals surface area contributed by atoms with Crippen LogP contribution in [0.15, 0.2) is 36.4 Å². The lowest BCUT2D eigenvalue weighted by Gasteiger charge is -2.22. The summed E-state index contributed by atoms with van der Waals surface area (Å²) >= 11 is 0. The average Bonchev–Trinajstić information content (AvgIpc) is 2.77. The summed E-state index contributed by atoms with van der Waals surface area (Å²) < 4.78 is 0. The summed E-state index contributed by atoms with van der Waals surface area (Å²) in [5, 5.41) is 41.4. The smallest absolute Gasteiger partial charge is 0.338 e. The van der Waals surface area contributed by atoms with Crippen LogP contribution in [0.3, 0.4) is 0 Å². The fourth-order valence-corrected chi connectivity index (χ4v) is 4.96. The van der Waals surface area contributed by atoms with Gasteiger partial charge in [-0.05, 0) is 21.5 Å². The van der Waals surface area contributed by atoms with E-state index in [1.807, 2.05) is 0 Å². The van der Waals surface area contributed by atoms with Gasteiger partial charge in [-0.2, -0.15) is 0 Å². The van der Waals surface area contributed by atoms with Gasteiger partial charge < -0.3 is 31.9 Å². The number of carbonyl (C=O) groups is 4. The van der Waals surface area contributed by atoms with Crippen molar-refractivity contribution < 1.29 is 39.6 Å². The maximum Gasteiger partial charge on any atom is 0.338 e. The van der Waals surface area contributed by atoms with Gasteiger partial charge in [0.15, 0.2) is 0 Å². The van der Waals surface area contributed by atoms with Crippen molar-refractivity contribution in [2.45, 2.75) is 0 Å². The molecule has 0 spiro atoms. The van der Waals surface area contributed by atoms with Crippen LogP contribution in [-0.2, 0) is 0 Å². The second-order valence-electron chi connectivity index (χ2n) is 7.76. The third-order valence-electron chi connectivity index (χ3n) is 6.13. The summed E-state index contributed by atoms with van der Waals surface area (Å²) in [4.78, 5) is 49.3. The maximum atomic E-state index is 12.4. The van der Waals surface area contributed by atoms with E-state index in [-0.39, 0.29) is 21.8 Å². The van der Waals surface area contributed by atoms with Gasteiger partial charge in [-0.25, -0.2) is 19.2 Å². The Hall–Kier alpha value is -5.12. The van der Waals surface area contributed by atoms with Crippen LogP contribution >= 0.6 is 0 Å². The highest BCUT2D eigenvalue weighted by atomic mass is 16.4. The molecular weight excluding hydrogens is 444 g/mol. The number of nitrogen functional groups attached to an aromatic ring is 2. The minimum atomic E-state index is -1.84. The molecule has 0 radical (unpaired) electrons. The van der Waals surface area contributed by atoms with Crippen molar-refractivity contribution >= 4 is 78.3 Å². The van der Waals surface area contributed by atoms with Crippen LogP contribution in [0.4, 0.5) is 11.4 Å². The van der Waals surface area contributed by atoms with Crippen LogP contribution in [0, 0.1) is 0 Å². The Morgan fingerprint density at radius 3 is 1.47 bits per heavy atom. The molecule has 10 heteroatoms. The van der Waals surface area contributed by atoms with Crippen LogP contribution in [0.25, 0.3) is 43.1 Å². The topological polar surface area (TPSA) is 201 Å². The van der Waals surface area contributed by atoms with Crippen molar-refractivity contribution in [3.63, 3.8) is 0 Å². The zero-order valence-corrected chi connectivity index (χ0v) is 17.0. The molecule has 0 aliphatic carbocycles. The Morgan fingerprint density at radius 2 is 0.971 bits per heavy atom. The van der Waals surface area contributed by atoms with Gasteiger partial charge in [-0.1, -0.05) is 36.4 Å². The SMILES string of the molecule is Nc1c(C(=O)O)c2c(C(=O)O)c(C(=O)O)c(C(=O)O)c3c4cccc5cccc(c(c1N)c23)c54. The maximum absolute atomic E-state index is 12.4. The molecule has 0 heterocycles. The number of rotatable bonds is 4. The Labute approximate surface area is 188 Å². The summed E-state index contributed by atoms with van der Waals surface area (Å²) in [6, 6.07) is 10.1. The fourth-order valence-electron chi connectivity index (χ4n) is 4.96. The lowest BCUT2D eigenvalue weighted by atomic mass is 9.80. The summed E-state index contributed by atoms with van der Waals surface area (Å²) in [6.45, 7) is 0. The van der Waals surface area contributed by atoms with Crippen LogP contribution in [0.2, 0.25) is 0 Å². The third kappa shape index (κ3) is 2.39. The van der Waals surface area contributed by atoms with Crippen molar-refractivity contribution in [1.29, 1.82) is 0 Å². The van der Waals surface area contributed by atoms with Crippen molar-refractivity contribution in [3.05, 3.63) is 58.7 Å². The summed E-state index contributed by atoms with van der Waals surface area (Å²) in [5.41, 5.74) is 8.23. The van der Waals surface area contributed by atoms with Gasteiger partial charge in [0.1, 0.15) is 0 Å². The van der Waals surface area contributed by atoms with Gasteiger partial charge >= 0.3 is 23.9 Å². The Balaban J connectivity index is 2.40. The predicted molar refractivity (Wildman–Crippen MR) is 124 cm³/mol. The number of benzene rings is 5. The first-order valence-corrected chi connectivity index (χ1v) is 9.78. The Bertz CT molecular complexity index is 1780. The Kier molecular flexibility index (Phi) is 4.08. The molecule has 5 aromatic rings. The number of aromatic carboxylic acids is 4. The molecule has 10 nitrogen and oxygen atoms in total. The lowest BCUT2D eigenvalue weighted by molar-refractivity contribution is 0.0635. The molecule has 0 fully saturated rings. The molecule has 0 bridgehead atoms. The van der Waals surface area contributed by atoms with Gasteiger partial charge in [0.2, 0.25) is 0 Å². The number of carboxylic acid groups (broad SMARTS) is 4. The van der Waals surface area contributed by atoms with E-state index in [4.69, 9.17) is 11.5 Å². The number of anilines is 2. The van der Waals surface area contributed by atoms with Gasteiger partial charge in [0.25, 0.3) is 0 Å². The molecule has 0 saturated heterocycles. The van der Waals surface area contributed by atoms with E-state index >= 15 is 0 Å². The molecule has 0 atom stereocenters. The minimum absolute atomic E-state index is 0.0879. The number of hydrogen-bond donors (Lipinski definition) is 6. The van der Waals surface area contributed by atoms with Gasteiger partial charge in [0, 0.05) is 21.5 Å². The molecule has 0 aliphatic rings. The van der Waals surface area contributed by atoms with E-state index in [0.29, 0.717) is 21.5 Å². The quantitative estimate of drug-likeness (QED) is 0.131. The first-order valence-electron chi connectivity index (χ1n) is 9.78. The molecule has 0 unspecified atom stereocenters. The molecule has 5 rings (SSSR count). The second-order valence-corrected chi connectivity index (χ2v) is 7.76. The summed E-state index contributed by atoms with van der Waals surface area (Å²) in [5.74, 6) is -6.99. The van der Waals surface area contributed by atoms with Crippen molar-refractivity contribution in [2.24, 2.45) is 0 Å². The summed E-state index contributed by atoms with van der Waals surface area (Å²) in [6.07, 6.45) is 0. The van der Waals surface area contributed by atoms with E-state index in [1.54, 1.807) is 36.4 Å². The molecule has 0 saturated carbocycles. The largest absolute Gasteiger partial charge is 0.478 e. The first-order chi connectivity index (χ1) is 16.1. The molecule has 34 heavy (non-hydrogen) atoms. The average molecular weight is 458 g/mol.